The van der Waals surface area contributed by atoms with Crippen molar-refractivity contribution in [3.05, 3.63) is 52.8 Å². The van der Waals surface area contributed by atoms with Crippen molar-refractivity contribution in [2.24, 2.45) is 0 Å². The predicted molar refractivity (Wildman–Crippen MR) is 67.8 cm³/mol. The summed E-state index contributed by atoms with van der Waals surface area (Å²) >= 11 is 0.969. The summed E-state index contributed by atoms with van der Waals surface area (Å²) in [5.74, 6) is 0.340. The largest absolute Gasteiger partial charge is 1.00 e. The standard InChI is InChI=1S/C12H8BrFO3S.Na/c13-11-6-1-8(14)7-12(11)17-9-2-4-10(5-3-9)18(15)16;/h1-7H,(H,15,16);/q;+1/p-1. The summed E-state index contributed by atoms with van der Waals surface area (Å²) in [6.45, 7) is 0. The van der Waals surface area contributed by atoms with Crippen LogP contribution in [0.2, 0.25) is 0 Å². The molecule has 94 valence electrons. The van der Waals surface area contributed by atoms with Gasteiger partial charge in [-0.25, -0.2) is 4.39 Å². The number of rotatable bonds is 3. The Morgan fingerprint density at radius 1 is 1.16 bits per heavy atom. The summed E-state index contributed by atoms with van der Waals surface area (Å²) in [5, 5.41) is 0. The van der Waals surface area contributed by atoms with Crippen molar-refractivity contribution in [1.82, 2.24) is 0 Å². The van der Waals surface area contributed by atoms with Crippen LogP contribution in [0.3, 0.4) is 0 Å². The molecule has 0 heterocycles. The van der Waals surface area contributed by atoms with Crippen molar-refractivity contribution < 1.29 is 47.4 Å². The molecular weight excluding hydrogens is 346 g/mol. The summed E-state index contributed by atoms with van der Waals surface area (Å²) < 4.78 is 40.4. The van der Waals surface area contributed by atoms with Gasteiger partial charge in [-0.2, -0.15) is 0 Å². The summed E-state index contributed by atoms with van der Waals surface area (Å²) in [6.07, 6.45) is 0. The Morgan fingerprint density at radius 3 is 2.37 bits per heavy atom. The molecule has 2 aromatic rings. The predicted octanol–water partition coefficient (Wildman–Crippen LogP) is 0.623. The van der Waals surface area contributed by atoms with E-state index in [1.807, 2.05) is 0 Å². The zero-order chi connectivity index (χ0) is 13.1. The smallest absolute Gasteiger partial charge is 0.768 e. The molecule has 0 aliphatic carbocycles. The zero-order valence-electron chi connectivity index (χ0n) is 9.93. The number of hydrogen-bond donors (Lipinski definition) is 0. The molecule has 3 nitrogen and oxygen atoms in total. The van der Waals surface area contributed by atoms with Crippen molar-refractivity contribution in [2.75, 3.05) is 0 Å². The molecule has 1 atom stereocenters. The number of hydrogen-bond acceptors (Lipinski definition) is 3. The van der Waals surface area contributed by atoms with Gasteiger partial charge in [0.05, 0.1) is 4.47 Å². The molecular formula is C12H7BrFNaO3S. The van der Waals surface area contributed by atoms with Crippen molar-refractivity contribution in [3.63, 3.8) is 0 Å². The minimum Gasteiger partial charge on any atom is -0.768 e. The molecule has 0 saturated carbocycles. The van der Waals surface area contributed by atoms with Gasteiger partial charge >= 0.3 is 29.6 Å². The van der Waals surface area contributed by atoms with Crippen LogP contribution >= 0.6 is 15.9 Å². The van der Waals surface area contributed by atoms with E-state index in [2.05, 4.69) is 15.9 Å². The Hall–Kier alpha value is -0.240. The van der Waals surface area contributed by atoms with Crippen molar-refractivity contribution in [3.8, 4) is 11.5 Å². The minimum absolute atomic E-state index is 0. The number of ether oxygens (including phenoxy) is 1. The van der Waals surface area contributed by atoms with Crippen LogP contribution in [0.5, 0.6) is 11.5 Å². The quantitative estimate of drug-likeness (QED) is 0.601. The molecule has 0 aliphatic rings. The molecule has 2 rings (SSSR count). The number of benzene rings is 2. The first-order valence-corrected chi connectivity index (χ1v) is 6.75. The minimum atomic E-state index is -2.27. The van der Waals surface area contributed by atoms with E-state index in [1.165, 1.54) is 42.5 Å². The van der Waals surface area contributed by atoms with Crippen LogP contribution in [-0.4, -0.2) is 8.76 Å². The molecule has 0 N–H and O–H groups in total. The Labute approximate surface area is 142 Å². The SMILES string of the molecule is O=S([O-])c1ccc(Oc2cc(F)ccc2Br)cc1.[Na+]. The van der Waals surface area contributed by atoms with Crippen LogP contribution in [0.25, 0.3) is 0 Å². The van der Waals surface area contributed by atoms with Gasteiger partial charge in [0.25, 0.3) is 0 Å². The molecule has 7 heteroatoms. The van der Waals surface area contributed by atoms with E-state index in [-0.39, 0.29) is 34.5 Å². The van der Waals surface area contributed by atoms with E-state index >= 15 is 0 Å². The normalized spacial score (nSPS) is 11.5. The second-order valence-corrected chi connectivity index (χ2v) is 5.18. The average molecular weight is 353 g/mol. The molecule has 2 aromatic carbocycles. The van der Waals surface area contributed by atoms with Crippen molar-refractivity contribution in [1.29, 1.82) is 0 Å². The van der Waals surface area contributed by atoms with Crippen LogP contribution in [0.15, 0.2) is 51.8 Å². The summed E-state index contributed by atoms with van der Waals surface area (Å²) in [5.41, 5.74) is 0. The third-order valence-corrected chi connectivity index (χ3v) is 3.45. The third kappa shape index (κ3) is 4.66. The molecule has 0 aliphatic heterocycles. The fourth-order valence-corrected chi connectivity index (χ4v) is 1.99. The van der Waals surface area contributed by atoms with Gasteiger partial charge in [-0.3, -0.25) is 4.21 Å². The maximum absolute atomic E-state index is 13.0. The van der Waals surface area contributed by atoms with E-state index in [0.29, 0.717) is 16.0 Å². The van der Waals surface area contributed by atoms with Crippen LogP contribution in [-0.2, 0) is 11.1 Å². The van der Waals surface area contributed by atoms with Gasteiger partial charge in [-0.15, -0.1) is 0 Å². The first-order valence-electron chi connectivity index (χ1n) is 4.88. The third-order valence-electron chi connectivity index (χ3n) is 2.14. The zero-order valence-corrected chi connectivity index (χ0v) is 14.3. The van der Waals surface area contributed by atoms with Gasteiger partial charge in [-0.05, 0) is 63.4 Å². The van der Waals surface area contributed by atoms with Gasteiger partial charge in [0, 0.05) is 11.0 Å². The van der Waals surface area contributed by atoms with Crippen LogP contribution in [0.4, 0.5) is 4.39 Å². The second-order valence-electron chi connectivity index (χ2n) is 3.38. The summed E-state index contributed by atoms with van der Waals surface area (Å²) in [4.78, 5) is 0.167. The molecule has 0 aromatic heterocycles. The molecule has 0 radical (unpaired) electrons. The van der Waals surface area contributed by atoms with Crippen LogP contribution in [0, 0.1) is 5.82 Å². The first-order chi connectivity index (χ1) is 8.56. The van der Waals surface area contributed by atoms with E-state index in [0.717, 1.165) is 0 Å². The Balaban J connectivity index is 0.00000180. The summed E-state index contributed by atoms with van der Waals surface area (Å²) in [7, 11) is 0. The van der Waals surface area contributed by atoms with Crippen LogP contribution in [0.1, 0.15) is 0 Å². The maximum atomic E-state index is 13.0. The van der Waals surface area contributed by atoms with Crippen molar-refractivity contribution in [2.45, 2.75) is 4.90 Å². The monoisotopic (exact) mass is 352 g/mol. The molecule has 0 bridgehead atoms. The fourth-order valence-electron chi connectivity index (χ4n) is 1.30. The van der Waals surface area contributed by atoms with Gasteiger partial charge in [0.2, 0.25) is 0 Å². The molecule has 19 heavy (non-hydrogen) atoms. The topological polar surface area (TPSA) is 49.4 Å². The number of halogens is 2. The molecule has 1 unspecified atom stereocenters. The molecule has 0 spiro atoms. The second kappa shape index (κ2) is 7.52. The molecule has 0 amide bonds. The van der Waals surface area contributed by atoms with Gasteiger partial charge in [0.1, 0.15) is 17.3 Å². The van der Waals surface area contributed by atoms with Gasteiger partial charge in [0.15, 0.2) is 0 Å². The Kier molecular flexibility index (Phi) is 6.65. The molecule has 0 fully saturated rings. The summed E-state index contributed by atoms with van der Waals surface area (Å²) in [6, 6.07) is 9.90. The van der Waals surface area contributed by atoms with Crippen molar-refractivity contribution >= 4 is 27.0 Å². The van der Waals surface area contributed by atoms with E-state index in [1.54, 1.807) is 0 Å². The molecule has 0 saturated heterocycles. The van der Waals surface area contributed by atoms with E-state index in [9.17, 15) is 13.2 Å². The van der Waals surface area contributed by atoms with Gasteiger partial charge in [-0.1, -0.05) is 0 Å². The maximum Gasteiger partial charge on any atom is 1.00 e. The van der Waals surface area contributed by atoms with E-state index in [4.69, 9.17) is 4.74 Å². The first kappa shape index (κ1) is 16.8. The Bertz CT molecular complexity index is 592. The van der Waals surface area contributed by atoms with E-state index < -0.39 is 16.9 Å². The van der Waals surface area contributed by atoms with Gasteiger partial charge < -0.3 is 9.29 Å². The Morgan fingerprint density at radius 2 is 1.79 bits per heavy atom. The fraction of sp³-hybridized carbons (Fsp3) is 0. The average Bonchev–Trinajstić information content (AvgIpc) is 2.34. The van der Waals surface area contributed by atoms with Crippen LogP contribution < -0.4 is 34.3 Å².